The van der Waals surface area contributed by atoms with Crippen molar-refractivity contribution in [2.45, 2.75) is 52.0 Å². The molecule has 6 heteroatoms. The molecule has 0 spiro atoms. The Morgan fingerprint density at radius 3 is 2.35 bits per heavy atom. The van der Waals surface area contributed by atoms with Gasteiger partial charge in [-0.3, -0.25) is 9.59 Å². The lowest BCUT2D eigenvalue weighted by atomic mass is 10.1. The van der Waals surface area contributed by atoms with E-state index in [0.717, 1.165) is 25.9 Å². The molecule has 1 heterocycles. The number of amides is 2. The summed E-state index contributed by atoms with van der Waals surface area (Å²) in [6.07, 6.45) is 5.72. The molecule has 2 amide bonds. The van der Waals surface area contributed by atoms with E-state index in [-0.39, 0.29) is 24.5 Å². The van der Waals surface area contributed by atoms with Gasteiger partial charge in [-0.1, -0.05) is 19.3 Å². The Kier molecular flexibility index (Phi) is 7.75. The van der Waals surface area contributed by atoms with Gasteiger partial charge in [-0.15, -0.1) is 0 Å². The van der Waals surface area contributed by atoms with Gasteiger partial charge in [-0.05, 0) is 44.9 Å². The molecular formula is C20H30N2O4. The predicted molar refractivity (Wildman–Crippen MR) is 101 cm³/mol. The molecule has 0 saturated carbocycles. The van der Waals surface area contributed by atoms with Gasteiger partial charge < -0.3 is 19.7 Å². The number of hydrogen-bond acceptors (Lipinski definition) is 4. The summed E-state index contributed by atoms with van der Waals surface area (Å²) in [6, 6.07) is 5.18. The third-order valence-electron chi connectivity index (χ3n) is 4.36. The third-order valence-corrected chi connectivity index (χ3v) is 4.36. The largest absolute Gasteiger partial charge is 0.493 e. The molecule has 0 radical (unpaired) electrons. The van der Waals surface area contributed by atoms with Crippen molar-refractivity contribution in [2.24, 2.45) is 0 Å². The maximum absolute atomic E-state index is 12.8. The Hall–Kier alpha value is -2.24. The van der Waals surface area contributed by atoms with Crippen LogP contribution >= 0.6 is 0 Å². The molecule has 2 rings (SSSR count). The zero-order valence-electron chi connectivity index (χ0n) is 16.0. The van der Waals surface area contributed by atoms with Crippen molar-refractivity contribution < 1.29 is 19.1 Å². The Morgan fingerprint density at radius 1 is 1.08 bits per heavy atom. The van der Waals surface area contributed by atoms with Crippen LogP contribution in [0.15, 0.2) is 18.2 Å². The van der Waals surface area contributed by atoms with Crippen LogP contribution in [0, 0.1) is 0 Å². The number of carbonyl (C=O) groups is 2. The molecule has 1 aliphatic heterocycles. The Bertz CT molecular complexity index is 608. The number of hydrogen-bond donors (Lipinski definition) is 1. The van der Waals surface area contributed by atoms with Crippen molar-refractivity contribution in [1.82, 2.24) is 10.2 Å². The summed E-state index contributed by atoms with van der Waals surface area (Å²) in [4.78, 5) is 26.4. The maximum atomic E-state index is 12.8. The Balaban J connectivity index is 2.04. The Labute approximate surface area is 155 Å². The minimum absolute atomic E-state index is 0.0225. The number of rotatable bonds is 6. The minimum Gasteiger partial charge on any atom is -0.493 e. The normalized spacial score (nSPS) is 15.2. The van der Waals surface area contributed by atoms with Gasteiger partial charge in [0.1, 0.15) is 0 Å². The first-order chi connectivity index (χ1) is 12.5. The van der Waals surface area contributed by atoms with E-state index >= 15 is 0 Å². The van der Waals surface area contributed by atoms with Crippen LogP contribution in [0.4, 0.5) is 0 Å². The number of nitrogens with zero attached hydrogens (tertiary/aromatic N) is 1. The predicted octanol–water partition coefficient (Wildman–Crippen LogP) is 3.00. The lowest BCUT2D eigenvalue weighted by molar-refractivity contribution is -0.123. The van der Waals surface area contributed by atoms with Crippen LogP contribution in [0.25, 0.3) is 0 Å². The molecule has 144 valence electrons. The van der Waals surface area contributed by atoms with Gasteiger partial charge in [0.15, 0.2) is 18.1 Å². The summed E-state index contributed by atoms with van der Waals surface area (Å²) >= 11 is 0. The summed E-state index contributed by atoms with van der Waals surface area (Å²) in [6.45, 7) is 5.30. The first-order valence-electron chi connectivity index (χ1n) is 9.40. The quantitative estimate of drug-likeness (QED) is 0.845. The van der Waals surface area contributed by atoms with Gasteiger partial charge >= 0.3 is 0 Å². The standard InChI is InChI=1S/C20H30N2O4/c1-15(2)21-19(23)14-26-17-10-9-16(13-18(17)25-3)20(24)22-11-7-5-4-6-8-12-22/h9-10,13,15H,4-8,11-12,14H2,1-3H3,(H,21,23). The van der Waals surface area contributed by atoms with Crippen LogP contribution in [0.5, 0.6) is 11.5 Å². The molecule has 0 aliphatic carbocycles. The molecule has 0 unspecified atom stereocenters. The molecule has 6 nitrogen and oxygen atoms in total. The fraction of sp³-hybridized carbons (Fsp3) is 0.600. The van der Waals surface area contributed by atoms with Crippen LogP contribution in [-0.2, 0) is 4.79 Å². The summed E-state index contributed by atoms with van der Waals surface area (Å²) < 4.78 is 10.9. The van der Waals surface area contributed by atoms with E-state index in [1.807, 2.05) is 18.7 Å². The van der Waals surface area contributed by atoms with Crippen molar-refractivity contribution in [3.05, 3.63) is 23.8 Å². The third kappa shape index (κ3) is 5.93. The molecule has 1 fully saturated rings. The molecule has 1 aliphatic rings. The van der Waals surface area contributed by atoms with Crippen LogP contribution in [0.2, 0.25) is 0 Å². The highest BCUT2D eigenvalue weighted by Gasteiger charge is 2.19. The molecule has 26 heavy (non-hydrogen) atoms. The molecule has 1 N–H and O–H groups in total. The van der Waals surface area contributed by atoms with Gasteiger partial charge in [-0.25, -0.2) is 0 Å². The second-order valence-corrected chi connectivity index (χ2v) is 6.94. The first-order valence-corrected chi connectivity index (χ1v) is 9.40. The second-order valence-electron chi connectivity index (χ2n) is 6.94. The first kappa shape index (κ1) is 20.1. The van der Waals surface area contributed by atoms with Gasteiger partial charge in [0.05, 0.1) is 7.11 Å². The van der Waals surface area contributed by atoms with E-state index in [1.165, 1.54) is 26.4 Å². The smallest absolute Gasteiger partial charge is 0.258 e. The van der Waals surface area contributed by atoms with Crippen LogP contribution in [0.1, 0.15) is 56.3 Å². The van der Waals surface area contributed by atoms with Gasteiger partial charge in [0, 0.05) is 24.7 Å². The average Bonchev–Trinajstić information content (AvgIpc) is 2.58. The van der Waals surface area contributed by atoms with E-state index in [1.54, 1.807) is 18.2 Å². The molecular weight excluding hydrogens is 332 g/mol. The van der Waals surface area contributed by atoms with Crippen LogP contribution < -0.4 is 14.8 Å². The summed E-state index contributed by atoms with van der Waals surface area (Å²) in [5, 5.41) is 2.77. The van der Waals surface area contributed by atoms with Crippen molar-refractivity contribution >= 4 is 11.8 Å². The van der Waals surface area contributed by atoms with Crippen LogP contribution in [-0.4, -0.2) is 49.6 Å². The zero-order valence-corrected chi connectivity index (χ0v) is 16.0. The number of ether oxygens (including phenoxy) is 2. The van der Waals surface area contributed by atoms with E-state index in [4.69, 9.17) is 9.47 Å². The topological polar surface area (TPSA) is 67.9 Å². The van der Waals surface area contributed by atoms with Crippen molar-refractivity contribution in [2.75, 3.05) is 26.8 Å². The van der Waals surface area contributed by atoms with Gasteiger partial charge in [0.2, 0.25) is 0 Å². The van der Waals surface area contributed by atoms with E-state index in [2.05, 4.69) is 5.32 Å². The molecule has 1 saturated heterocycles. The summed E-state index contributed by atoms with van der Waals surface area (Å²) in [5.41, 5.74) is 0.585. The van der Waals surface area contributed by atoms with Crippen molar-refractivity contribution in [3.8, 4) is 11.5 Å². The monoisotopic (exact) mass is 362 g/mol. The van der Waals surface area contributed by atoms with Crippen molar-refractivity contribution in [3.63, 3.8) is 0 Å². The number of carbonyl (C=O) groups excluding carboxylic acids is 2. The zero-order chi connectivity index (χ0) is 18.9. The van der Waals surface area contributed by atoms with Gasteiger partial charge in [0.25, 0.3) is 11.8 Å². The molecule has 0 atom stereocenters. The highest BCUT2D eigenvalue weighted by Crippen LogP contribution is 2.29. The number of likely N-dealkylation sites (tertiary alicyclic amines) is 1. The molecule has 1 aromatic carbocycles. The number of nitrogens with one attached hydrogen (secondary N) is 1. The fourth-order valence-electron chi connectivity index (χ4n) is 3.06. The number of benzene rings is 1. The maximum Gasteiger partial charge on any atom is 0.258 e. The lowest BCUT2D eigenvalue weighted by Gasteiger charge is -2.25. The van der Waals surface area contributed by atoms with Gasteiger partial charge in [-0.2, -0.15) is 0 Å². The van der Waals surface area contributed by atoms with Crippen LogP contribution in [0.3, 0.4) is 0 Å². The second kappa shape index (κ2) is 10.0. The summed E-state index contributed by atoms with van der Waals surface area (Å²) in [5.74, 6) is 0.744. The van der Waals surface area contributed by atoms with E-state index in [0.29, 0.717) is 17.1 Å². The molecule has 0 aromatic heterocycles. The average molecular weight is 362 g/mol. The fourth-order valence-corrected chi connectivity index (χ4v) is 3.06. The lowest BCUT2D eigenvalue weighted by Crippen LogP contribution is -2.34. The van der Waals surface area contributed by atoms with E-state index < -0.39 is 0 Å². The Morgan fingerprint density at radius 2 is 1.73 bits per heavy atom. The molecule has 1 aromatic rings. The molecule has 0 bridgehead atoms. The number of methoxy groups -OCH3 is 1. The minimum atomic E-state index is -0.192. The highest BCUT2D eigenvalue weighted by atomic mass is 16.5. The highest BCUT2D eigenvalue weighted by molar-refractivity contribution is 5.95. The summed E-state index contributed by atoms with van der Waals surface area (Å²) in [7, 11) is 1.53. The van der Waals surface area contributed by atoms with Crippen molar-refractivity contribution in [1.29, 1.82) is 0 Å². The van der Waals surface area contributed by atoms with E-state index in [9.17, 15) is 9.59 Å². The SMILES string of the molecule is COc1cc(C(=O)N2CCCCCCC2)ccc1OCC(=O)NC(C)C.